The number of hydrogen-bond donors (Lipinski definition) is 2. The molecule has 0 bridgehead atoms. The third-order valence-corrected chi connectivity index (χ3v) is 4.81. The fourth-order valence-electron chi connectivity index (χ4n) is 1.21. The molecule has 1 rings (SSSR count). The number of rotatable bonds is 2. The zero-order chi connectivity index (χ0) is 7.45. The fourth-order valence-corrected chi connectivity index (χ4v) is 3.73. The van der Waals surface area contributed by atoms with Crippen LogP contribution in [0.25, 0.3) is 0 Å². The van der Waals surface area contributed by atoms with Gasteiger partial charge in [0, 0.05) is 5.75 Å². The van der Waals surface area contributed by atoms with Crippen LogP contribution in [0.15, 0.2) is 0 Å². The van der Waals surface area contributed by atoms with Crippen LogP contribution in [0, 0.1) is 5.41 Å². The fraction of sp³-hybridized carbons (Fsp3) is 1.00. The molecule has 0 N–H and O–H groups in total. The molecule has 0 aliphatic carbocycles. The molecule has 0 amide bonds. The van der Waals surface area contributed by atoms with Gasteiger partial charge in [-0.15, -0.1) is 0 Å². The Labute approximate surface area is 78.4 Å². The number of thiol groups is 2. The van der Waals surface area contributed by atoms with Crippen LogP contribution >= 0.6 is 37.0 Å². The van der Waals surface area contributed by atoms with Crippen LogP contribution in [-0.2, 0) is 0 Å². The minimum atomic E-state index is 0.454. The van der Waals surface area contributed by atoms with Crippen LogP contribution in [0.4, 0.5) is 0 Å². The second-order valence-corrected chi connectivity index (χ2v) is 4.71. The highest BCUT2D eigenvalue weighted by molar-refractivity contribution is 7.99. The molecule has 0 atom stereocenters. The lowest BCUT2D eigenvalue weighted by Crippen LogP contribution is -2.31. The SMILES string of the molecule is SCC1(CS)CCCSC1. The van der Waals surface area contributed by atoms with Crippen molar-refractivity contribution in [3.63, 3.8) is 0 Å². The third-order valence-electron chi connectivity index (χ3n) is 2.07. The summed E-state index contributed by atoms with van der Waals surface area (Å²) in [6.45, 7) is 0. The molecule has 0 spiro atoms. The Bertz CT molecular complexity index is 91.0. The van der Waals surface area contributed by atoms with Crippen molar-refractivity contribution < 1.29 is 0 Å². The van der Waals surface area contributed by atoms with Gasteiger partial charge in [-0.2, -0.15) is 37.0 Å². The van der Waals surface area contributed by atoms with Crippen molar-refractivity contribution in [1.29, 1.82) is 0 Å². The number of thioether (sulfide) groups is 1. The quantitative estimate of drug-likeness (QED) is 0.636. The summed E-state index contributed by atoms with van der Waals surface area (Å²) in [6, 6.07) is 0. The normalized spacial score (nSPS) is 24.6. The second kappa shape index (κ2) is 4.17. The van der Waals surface area contributed by atoms with Crippen LogP contribution in [0.3, 0.4) is 0 Å². The maximum Gasteiger partial charge on any atom is 0.000484 e. The molecular formula is C7H14S3. The molecule has 0 nitrogen and oxygen atoms in total. The molecule has 3 heteroatoms. The van der Waals surface area contributed by atoms with Crippen molar-refractivity contribution in [3.8, 4) is 0 Å². The standard InChI is InChI=1S/C7H14S3/c8-4-7(5-9)2-1-3-10-6-7/h8-9H,1-6H2. The summed E-state index contributed by atoms with van der Waals surface area (Å²) in [6.07, 6.45) is 2.68. The molecule has 1 fully saturated rings. The average Bonchev–Trinajstić information content (AvgIpc) is 2.06. The van der Waals surface area contributed by atoms with E-state index in [-0.39, 0.29) is 0 Å². The minimum Gasteiger partial charge on any atom is -0.179 e. The van der Waals surface area contributed by atoms with Gasteiger partial charge in [-0.05, 0) is 35.5 Å². The molecule has 1 aliphatic rings. The van der Waals surface area contributed by atoms with Gasteiger partial charge in [0.1, 0.15) is 0 Å². The van der Waals surface area contributed by atoms with Crippen molar-refractivity contribution >= 4 is 37.0 Å². The van der Waals surface area contributed by atoms with Gasteiger partial charge in [0.2, 0.25) is 0 Å². The summed E-state index contributed by atoms with van der Waals surface area (Å²) >= 11 is 10.8. The largest absolute Gasteiger partial charge is 0.179 e. The molecular weight excluding hydrogens is 180 g/mol. The summed E-state index contributed by atoms with van der Waals surface area (Å²) in [7, 11) is 0. The van der Waals surface area contributed by atoms with E-state index in [4.69, 9.17) is 0 Å². The van der Waals surface area contributed by atoms with E-state index < -0.39 is 0 Å². The van der Waals surface area contributed by atoms with Crippen molar-refractivity contribution in [2.75, 3.05) is 23.0 Å². The Kier molecular flexibility index (Phi) is 3.81. The molecule has 0 saturated carbocycles. The van der Waals surface area contributed by atoms with E-state index in [1.54, 1.807) is 0 Å². The summed E-state index contributed by atoms with van der Waals surface area (Å²) in [5.74, 6) is 4.61. The first kappa shape index (κ1) is 9.14. The van der Waals surface area contributed by atoms with Gasteiger partial charge >= 0.3 is 0 Å². The van der Waals surface area contributed by atoms with Gasteiger partial charge in [-0.1, -0.05) is 0 Å². The van der Waals surface area contributed by atoms with Crippen LogP contribution < -0.4 is 0 Å². The highest BCUT2D eigenvalue weighted by Crippen LogP contribution is 2.36. The molecule has 10 heavy (non-hydrogen) atoms. The van der Waals surface area contributed by atoms with E-state index in [1.807, 2.05) is 0 Å². The van der Waals surface area contributed by atoms with Gasteiger partial charge in [0.15, 0.2) is 0 Å². The summed E-state index contributed by atoms with van der Waals surface area (Å²) in [4.78, 5) is 0. The first-order chi connectivity index (χ1) is 4.83. The van der Waals surface area contributed by atoms with Crippen molar-refractivity contribution in [2.45, 2.75) is 12.8 Å². The zero-order valence-electron chi connectivity index (χ0n) is 6.05. The predicted octanol–water partition coefficient (Wildman–Crippen LogP) is 2.36. The Hall–Kier alpha value is 1.05. The molecule has 0 aromatic carbocycles. The Morgan fingerprint density at radius 3 is 2.30 bits per heavy atom. The van der Waals surface area contributed by atoms with Gasteiger partial charge in [0.05, 0.1) is 0 Å². The predicted molar refractivity (Wildman–Crippen MR) is 56.7 cm³/mol. The maximum atomic E-state index is 4.37. The molecule has 1 saturated heterocycles. The first-order valence-corrected chi connectivity index (χ1v) is 6.04. The lowest BCUT2D eigenvalue weighted by molar-refractivity contribution is 0.395. The van der Waals surface area contributed by atoms with Crippen LogP contribution in [0.5, 0.6) is 0 Å². The van der Waals surface area contributed by atoms with Crippen molar-refractivity contribution in [2.24, 2.45) is 5.41 Å². The summed E-state index contributed by atoms with van der Waals surface area (Å²) < 4.78 is 0. The maximum absolute atomic E-state index is 4.37. The van der Waals surface area contributed by atoms with Crippen molar-refractivity contribution in [3.05, 3.63) is 0 Å². The summed E-state index contributed by atoms with van der Waals surface area (Å²) in [5, 5.41) is 0. The van der Waals surface area contributed by atoms with Crippen LogP contribution in [0.1, 0.15) is 12.8 Å². The third kappa shape index (κ3) is 2.02. The zero-order valence-corrected chi connectivity index (χ0v) is 8.65. The summed E-state index contributed by atoms with van der Waals surface area (Å²) in [5.41, 5.74) is 0.454. The van der Waals surface area contributed by atoms with Gasteiger partial charge in [-0.3, -0.25) is 0 Å². The van der Waals surface area contributed by atoms with Gasteiger partial charge in [-0.25, -0.2) is 0 Å². The van der Waals surface area contributed by atoms with Crippen LogP contribution in [-0.4, -0.2) is 23.0 Å². The monoisotopic (exact) mass is 194 g/mol. The molecule has 1 aliphatic heterocycles. The lowest BCUT2D eigenvalue weighted by Gasteiger charge is -2.33. The van der Waals surface area contributed by atoms with Crippen molar-refractivity contribution in [1.82, 2.24) is 0 Å². The topological polar surface area (TPSA) is 0 Å². The second-order valence-electron chi connectivity index (χ2n) is 2.97. The smallest absolute Gasteiger partial charge is 0.000484 e. The Balaban J connectivity index is 2.44. The molecule has 1 heterocycles. The van der Waals surface area contributed by atoms with E-state index >= 15 is 0 Å². The average molecular weight is 194 g/mol. The van der Waals surface area contributed by atoms with E-state index in [2.05, 4.69) is 37.0 Å². The number of hydrogen-bond acceptors (Lipinski definition) is 3. The van der Waals surface area contributed by atoms with E-state index in [0.717, 1.165) is 11.5 Å². The molecule has 0 aromatic rings. The van der Waals surface area contributed by atoms with Gasteiger partial charge in [0.25, 0.3) is 0 Å². The first-order valence-electron chi connectivity index (χ1n) is 3.62. The Morgan fingerprint density at radius 1 is 1.30 bits per heavy atom. The highest BCUT2D eigenvalue weighted by Gasteiger charge is 2.29. The molecule has 0 radical (unpaired) electrons. The van der Waals surface area contributed by atoms with E-state index in [0.29, 0.717) is 5.41 Å². The van der Waals surface area contributed by atoms with E-state index in [9.17, 15) is 0 Å². The molecule has 0 aromatic heterocycles. The minimum absolute atomic E-state index is 0.454. The van der Waals surface area contributed by atoms with Crippen LogP contribution in [0.2, 0.25) is 0 Å². The highest BCUT2D eigenvalue weighted by atomic mass is 32.2. The molecule has 0 unspecified atom stereocenters. The van der Waals surface area contributed by atoms with E-state index in [1.165, 1.54) is 24.3 Å². The van der Waals surface area contributed by atoms with Gasteiger partial charge < -0.3 is 0 Å². The lowest BCUT2D eigenvalue weighted by atomic mass is 9.89. The molecule has 60 valence electrons. The Morgan fingerprint density at radius 2 is 2.00 bits per heavy atom.